The zero-order valence-electron chi connectivity index (χ0n) is 11.4. The van der Waals surface area contributed by atoms with Gasteiger partial charge in [0.1, 0.15) is 6.10 Å². The first-order valence-corrected chi connectivity index (χ1v) is 7.39. The molecule has 0 saturated carbocycles. The number of aliphatic hydroxyl groups is 1. The van der Waals surface area contributed by atoms with Crippen LogP contribution in [0.5, 0.6) is 0 Å². The van der Waals surface area contributed by atoms with E-state index in [9.17, 15) is 15.0 Å². The summed E-state index contributed by atoms with van der Waals surface area (Å²) in [7, 11) is 0. The van der Waals surface area contributed by atoms with Crippen molar-refractivity contribution >= 4 is 28.1 Å². The van der Waals surface area contributed by atoms with E-state index in [0.29, 0.717) is 10.9 Å². The number of hydrogen-bond acceptors (Lipinski definition) is 3. The van der Waals surface area contributed by atoms with Crippen molar-refractivity contribution in [1.82, 2.24) is 0 Å². The molecule has 3 rings (SSSR count). The normalized spacial score (nSPS) is 12.5. The van der Waals surface area contributed by atoms with Crippen molar-refractivity contribution < 1.29 is 15.0 Å². The lowest BCUT2D eigenvalue weighted by Crippen LogP contribution is -2.03. The molecule has 0 spiro atoms. The Hall–Kier alpha value is -2.17. The molecule has 106 valence electrons. The standard InChI is InChI=1S/C17H14O3S/c1-10-8-9-14(21-10)16(18)12-6-2-4-11-5-3-7-13(15(11)12)17(19)20/h2-9,16,18H,1H3,(H,19,20). The van der Waals surface area contributed by atoms with Crippen molar-refractivity contribution in [3.8, 4) is 0 Å². The molecule has 0 amide bonds. The third kappa shape index (κ3) is 2.44. The van der Waals surface area contributed by atoms with Crippen LogP contribution in [0.15, 0.2) is 48.5 Å². The van der Waals surface area contributed by atoms with E-state index < -0.39 is 12.1 Å². The zero-order valence-corrected chi connectivity index (χ0v) is 12.2. The van der Waals surface area contributed by atoms with Gasteiger partial charge in [-0.05, 0) is 36.1 Å². The molecule has 4 heteroatoms. The summed E-state index contributed by atoms with van der Waals surface area (Å²) in [5.41, 5.74) is 0.850. The molecule has 1 unspecified atom stereocenters. The fraction of sp³-hybridized carbons (Fsp3) is 0.118. The Balaban J connectivity index is 2.25. The summed E-state index contributed by atoms with van der Waals surface area (Å²) in [6.45, 7) is 1.98. The summed E-state index contributed by atoms with van der Waals surface area (Å²) in [4.78, 5) is 13.4. The Morgan fingerprint density at radius 2 is 1.81 bits per heavy atom. The first-order chi connectivity index (χ1) is 10.1. The van der Waals surface area contributed by atoms with E-state index in [1.54, 1.807) is 18.2 Å². The van der Waals surface area contributed by atoms with Crippen LogP contribution < -0.4 is 0 Å². The van der Waals surface area contributed by atoms with Crippen LogP contribution in [0.3, 0.4) is 0 Å². The van der Waals surface area contributed by atoms with E-state index in [4.69, 9.17) is 0 Å². The van der Waals surface area contributed by atoms with Crippen molar-refractivity contribution in [1.29, 1.82) is 0 Å². The molecule has 0 saturated heterocycles. The Morgan fingerprint density at radius 1 is 1.10 bits per heavy atom. The van der Waals surface area contributed by atoms with Gasteiger partial charge in [-0.15, -0.1) is 11.3 Å². The molecule has 1 heterocycles. The number of carboxylic acids is 1. The van der Waals surface area contributed by atoms with Gasteiger partial charge in [-0.2, -0.15) is 0 Å². The molecule has 21 heavy (non-hydrogen) atoms. The van der Waals surface area contributed by atoms with Crippen LogP contribution in [-0.2, 0) is 0 Å². The fourth-order valence-electron chi connectivity index (χ4n) is 2.53. The summed E-state index contributed by atoms with van der Waals surface area (Å²) < 4.78 is 0. The summed E-state index contributed by atoms with van der Waals surface area (Å²) in [5.74, 6) is -0.984. The molecule has 0 aliphatic heterocycles. The number of hydrogen-bond donors (Lipinski definition) is 2. The van der Waals surface area contributed by atoms with Crippen LogP contribution in [0.4, 0.5) is 0 Å². The summed E-state index contributed by atoms with van der Waals surface area (Å²) in [6.07, 6.45) is -0.812. The third-order valence-corrected chi connectivity index (χ3v) is 4.55. The number of carbonyl (C=O) groups is 1. The van der Waals surface area contributed by atoms with E-state index in [-0.39, 0.29) is 5.56 Å². The molecule has 0 fully saturated rings. The highest BCUT2D eigenvalue weighted by Gasteiger charge is 2.19. The minimum atomic E-state index is -0.984. The summed E-state index contributed by atoms with van der Waals surface area (Å²) in [5, 5.41) is 21.4. The highest BCUT2D eigenvalue weighted by atomic mass is 32.1. The lowest BCUT2D eigenvalue weighted by molar-refractivity contribution is 0.0699. The lowest BCUT2D eigenvalue weighted by atomic mass is 9.95. The smallest absolute Gasteiger partial charge is 0.336 e. The zero-order chi connectivity index (χ0) is 15.0. The molecule has 1 atom stereocenters. The number of benzene rings is 2. The molecular weight excluding hydrogens is 284 g/mol. The maximum Gasteiger partial charge on any atom is 0.336 e. The van der Waals surface area contributed by atoms with Crippen molar-refractivity contribution in [2.75, 3.05) is 0 Å². The number of rotatable bonds is 3. The molecule has 3 nitrogen and oxygen atoms in total. The molecule has 0 radical (unpaired) electrons. The molecule has 3 aromatic rings. The second-order valence-corrected chi connectivity index (χ2v) is 6.23. The minimum absolute atomic E-state index is 0.218. The van der Waals surface area contributed by atoms with Crippen LogP contribution in [0.25, 0.3) is 10.8 Å². The van der Waals surface area contributed by atoms with Crippen molar-refractivity contribution in [3.63, 3.8) is 0 Å². The molecule has 0 aliphatic carbocycles. The second kappa shape index (κ2) is 5.31. The van der Waals surface area contributed by atoms with Crippen LogP contribution in [-0.4, -0.2) is 16.2 Å². The number of aryl methyl sites for hydroxylation is 1. The van der Waals surface area contributed by atoms with Crippen molar-refractivity contribution in [3.05, 3.63) is 69.4 Å². The first kappa shape index (κ1) is 13.8. The predicted octanol–water partition coefficient (Wildman–Crippen LogP) is 3.99. The third-order valence-electron chi connectivity index (χ3n) is 3.49. The van der Waals surface area contributed by atoms with Gasteiger partial charge >= 0.3 is 5.97 Å². The highest BCUT2D eigenvalue weighted by molar-refractivity contribution is 7.12. The molecule has 2 aromatic carbocycles. The van der Waals surface area contributed by atoms with Crippen LogP contribution >= 0.6 is 11.3 Å². The highest BCUT2D eigenvalue weighted by Crippen LogP contribution is 2.34. The fourth-order valence-corrected chi connectivity index (χ4v) is 3.41. The average Bonchev–Trinajstić information content (AvgIpc) is 2.91. The Bertz CT molecular complexity index is 815. The average molecular weight is 298 g/mol. The van der Waals surface area contributed by atoms with Gasteiger partial charge in [-0.1, -0.05) is 30.3 Å². The number of thiophene rings is 1. The molecule has 0 aliphatic rings. The minimum Gasteiger partial charge on any atom is -0.478 e. The van der Waals surface area contributed by atoms with E-state index in [1.165, 1.54) is 11.3 Å². The summed E-state index contributed by atoms with van der Waals surface area (Å²) in [6, 6.07) is 14.5. The van der Waals surface area contributed by atoms with Gasteiger partial charge in [0, 0.05) is 15.1 Å². The monoisotopic (exact) mass is 298 g/mol. The quantitative estimate of drug-likeness (QED) is 0.768. The second-order valence-electron chi connectivity index (χ2n) is 4.91. The molecule has 1 aromatic heterocycles. The Labute approximate surface area is 126 Å². The van der Waals surface area contributed by atoms with Gasteiger partial charge in [0.25, 0.3) is 0 Å². The summed E-state index contributed by atoms with van der Waals surface area (Å²) >= 11 is 1.52. The number of carboxylic acid groups (broad SMARTS) is 1. The first-order valence-electron chi connectivity index (χ1n) is 6.57. The lowest BCUT2D eigenvalue weighted by Gasteiger charge is -2.14. The number of aromatic carboxylic acids is 1. The maximum atomic E-state index is 11.5. The van der Waals surface area contributed by atoms with Gasteiger partial charge in [-0.3, -0.25) is 0 Å². The van der Waals surface area contributed by atoms with E-state index in [1.807, 2.05) is 37.3 Å². The van der Waals surface area contributed by atoms with Gasteiger partial charge in [0.15, 0.2) is 0 Å². The molecule has 2 N–H and O–H groups in total. The Kier molecular flexibility index (Phi) is 3.49. The van der Waals surface area contributed by atoms with E-state index in [2.05, 4.69) is 0 Å². The molecular formula is C17H14O3S. The van der Waals surface area contributed by atoms with Gasteiger partial charge in [-0.25, -0.2) is 4.79 Å². The topological polar surface area (TPSA) is 57.5 Å². The SMILES string of the molecule is Cc1ccc(C(O)c2cccc3cccc(C(=O)O)c23)s1. The van der Waals surface area contributed by atoms with Crippen LogP contribution in [0.2, 0.25) is 0 Å². The van der Waals surface area contributed by atoms with Gasteiger partial charge in [0.2, 0.25) is 0 Å². The van der Waals surface area contributed by atoms with E-state index >= 15 is 0 Å². The van der Waals surface area contributed by atoms with Crippen molar-refractivity contribution in [2.24, 2.45) is 0 Å². The van der Waals surface area contributed by atoms with Crippen molar-refractivity contribution in [2.45, 2.75) is 13.0 Å². The van der Waals surface area contributed by atoms with E-state index in [0.717, 1.165) is 15.1 Å². The van der Waals surface area contributed by atoms with Gasteiger partial charge < -0.3 is 10.2 Å². The number of aliphatic hydroxyl groups excluding tert-OH is 1. The molecule has 0 bridgehead atoms. The van der Waals surface area contributed by atoms with Gasteiger partial charge in [0.05, 0.1) is 5.56 Å². The predicted molar refractivity (Wildman–Crippen MR) is 84.0 cm³/mol. The van der Waals surface area contributed by atoms with Crippen LogP contribution in [0.1, 0.15) is 31.8 Å². The number of fused-ring (bicyclic) bond motifs is 1. The largest absolute Gasteiger partial charge is 0.478 e. The van der Waals surface area contributed by atoms with Crippen LogP contribution in [0, 0.1) is 6.92 Å². The Morgan fingerprint density at radius 3 is 2.43 bits per heavy atom. The maximum absolute atomic E-state index is 11.5.